The number of aromatic hydroxyl groups is 1. The number of Topliss-reactive ketones (excluding diaryl/α,β-unsaturated/α-hetero) is 1. The van der Waals surface area contributed by atoms with Crippen LogP contribution in [0.1, 0.15) is 34.0 Å². The Morgan fingerprint density at radius 2 is 1.62 bits per heavy atom. The van der Waals surface area contributed by atoms with Crippen LogP contribution in [0, 0.1) is 6.92 Å². The number of aryl methyl sites for hydroxylation is 1. The number of allylic oxidation sites excluding steroid dienone is 4. The Labute approximate surface area is 215 Å². The molecular formula is C23H15Cl2NaO6. The van der Waals surface area contributed by atoms with E-state index in [1.165, 1.54) is 32.1 Å². The molecule has 0 amide bonds. The molecule has 0 bridgehead atoms. The average molecular weight is 481 g/mol. The molecule has 6 nitrogen and oxygen atoms in total. The predicted octanol–water partition coefficient (Wildman–Crippen LogP) is 0.717. The van der Waals surface area contributed by atoms with Crippen LogP contribution in [0.15, 0.2) is 59.2 Å². The van der Waals surface area contributed by atoms with E-state index in [0.29, 0.717) is 16.7 Å². The smallest absolute Gasteiger partial charge is 0.545 e. The summed E-state index contributed by atoms with van der Waals surface area (Å²) in [6, 6.07) is 7.52. The third-order valence-corrected chi connectivity index (χ3v) is 5.45. The summed E-state index contributed by atoms with van der Waals surface area (Å²) in [4.78, 5) is 35.4. The van der Waals surface area contributed by atoms with Crippen molar-refractivity contribution < 1.29 is 59.3 Å². The number of hydrogen-bond donors (Lipinski definition) is 2. The number of benzene rings is 2. The molecule has 0 radical (unpaired) electrons. The topological polar surface area (TPSA) is 115 Å². The van der Waals surface area contributed by atoms with Crippen molar-refractivity contribution in [2.45, 2.75) is 13.8 Å². The molecule has 0 unspecified atom stereocenters. The molecule has 32 heavy (non-hydrogen) atoms. The fraction of sp³-hybridized carbons (Fsp3) is 0.0870. The van der Waals surface area contributed by atoms with Crippen LogP contribution in [0.5, 0.6) is 5.75 Å². The molecule has 0 fully saturated rings. The summed E-state index contributed by atoms with van der Waals surface area (Å²) in [5.41, 5.74) is 0.705. The van der Waals surface area contributed by atoms with E-state index in [2.05, 4.69) is 0 Å². The van der Waals surface area contributed by atoms with Crippen LogP contribution in [0.25, 0.3) is 5.57 Å². The van der Waals surface area contributed by atoms with E-state index in [0.717, 1.165) is 6.08 Å². The molecule has 0 aliphatic heterocycles. The standard InChI is InChI=1S/C23H16Cl2O6.Na/c1-10-6-12(8-14(20(10)26)22(28)29)18(19-16(24)4-3-5-17(19)25)13-7-11(2)21(27)15(9-13)23(30)31;/h3-9,26H,1-2H3,(H,28,29)(H,30,31);/q;+1/p-1/b18-13-;. The van der Waals surface area contributed by atoms with Gasteiger partial charge in [-0.2, -0.15) is 0 Å². The zero-order valence-electron chi connectivity index (χ0n) is 17.3. The number of carboxylic acid groups (broad SMARTS) is 2. The van der Waals surface area contributed by atoms with Gasteiger partial charge in [-0.1, -0.05) is 29.3 Å². The number of carbonyl (C=O) groups excluding carboxylic acids is 2. The Morgan fingerprint density at radius 3 is 2.16 bits per heavy atom. The van der Waals surface area contributed by atoms with E-state index in [9.17, 15) is 29.7 Å². The molecular weight excluding hydrogens is 466 g/mol. The van der Waals surface area contributed by atoms with Crippen LogP contribution in [-0.2, 0) is 9.59 Å². The summed E-state index contributed by atoms with van der Waals surface area (Å²) in [6.45, 7) is 2.98. The van der Waals surface area contributed by atoms with Gasteiger partial charge in [-0.3, -0.25) is 4.79 Å². The number of aliphatic carboxylic acids is 1. The second-order valence-corrected chi connectivity index (χ2v) is 7.74. The number of halogens is 2. The number of hydrogen-bond acceptors (Lipinski definition) is 5. The first-order valence-electron chi connectivity index (χ1n) is 8.95. The van der Waals surface area contributed by atoms with Gasteiger partial charge in [0.25, 0.3) is 0 Å². The molecule has 1 aliphatic carbocycles. The second-order valence-electron chi connectivity index (χ2n) is 6.92. The normalized spacial score (nSPS) is 14.8. The van der Waals surface area contributed by atoms with Crippen LogP contribution in [0.2, 0.25) is 10.0 Å². The molecule has 2 N–H and O–H groups in total. The maximum atomic E-state index is 12.2. The van der Waals surface area contributed by atoms with Gasteiger partial charge in [-0.05, 0) is 78.1 Å². The van der Waals surface area contributed by atoms with Gasteiger partial charge in [0.15, 0.2) is 5.78 Å². The number of carbonyl (C=O) groups is 3. The molecule has 158 valence electrons. The van der Waals surface area contributed by atoms with Gasteiger partial charge in [-0.25, -0.2) is 4.79 Å². The van der Waals surface area contributed by atoms with Crippen molar-refractivity contribution in [1.29, 1.82) is 0 Å². The third kappa shape index (κ3) is 4.85. The number of phenols is 1. The number of aromatic carboxylic acids is 1. The molecule has 9 heteroatoms. The van der Waals surface area contributed by atoms with Gasteiger partial charge in [0.05, 0.1) is 5.97 Å². The minimum atomic E-state index is -1.65. The van der Waals surface area contributed by atoms with Crippen molar-refractivity contribution in [3.8, 4) is 5.75 Å². The van der Waals surface area contributed by atoms with E-state index in [1.54, 1.807) is 18.2 Å². The van der Waals surface area contributed by atoms with E-state index in [1.807, 2.05) is 0 Å². The minimum absolute atomic E-state index is 0. The molecule has 0 saturated carbocycles. The van der Waals surface area contributed by atoms with E-state index in [4.69, 9.17) is 23.2 Å². The Morgan fingerprint density at radius 1 is 1.03 bits per heavy atom. The van der Waals surface area contributed by atoms with Crippen molar-refractivity contribution >= 4 is 46.5 Å². The first kappa shape index (κ1) is 25.9. The van der Waals surface area contributed by atoms with Crippen LogP contribution < -0.4 is 34.7 Å². The molecule has 0 atom stereocenters. The fourth-order valence-electron chi connectivity index (χ4n) is 3.35. The zero-order valence-corrected chi connectivity index (χ0v) is 20.8. The molecule has 0 aromatic heterocycles. The Hall–Kier alpha value is -2.35. The Kier molecular flexibility index (Phi) is 8.15. The van der Waals surface area contributed by atoms with Gasteiger partial charge in [0.2, 0.25) is 0 Å². The maximum absolute atomic E-state index is 12.2. The van der Waals surface area contributed by atoms with Crippen LogP contribution >= 0.6 is 23.2 Å². The molecule has 0 saturated heterocycles. The van der Waals surface area contributed by atoms with Gasteiger partial charge < -0.3 is 20.1 Å². The molecule has 2 aromatic rings. The van der Waals surface area contributed by atoms with Crippen LogP contribution in [0.4, 0.5) is 0 Å². The Balaban J connectivity index is 0.00000363. The van der Waals surface area contributed by atoms with Crippen LogP contribution in [-0.4, -0.2) is 27.9 Å². The minimum Gasteiger partial charge on any atom is -0.545 e. The number of rotatable bonds is 4. The third-order valence-electron chi connectivity index (χ3n) is 4.82. The summed E-state index contributed by atoms with van der Waals surface area (Å²) >= 11 is 12.8. The summed E-state index contributed by atoms with van der Waals surface area (Å²) in [6.07, 6.45) is 2.61. The average Bonchev–Trinajstić information content (AvgIpc) is 2.68. The molecule has 0 spiro atoms. The Bertz CT molecular complexity index is 1240. The van der Waals surface area contributed by atoms with Crippen molar-refractivity contribution in [3.05, 3.63) is 91.5 Å². The fourth-order valence-corrected chi connectivity index (χ4v) is 3.94. The van der Waals surface area contributed by atoms with Gasteiger partial charge >= 0.3 is 35.5 Å². The summed E-state index contributed by atoms with van der Waals surface area (Å²) < 4.78 is 0. The zero-order chi connectivity index (χ0) is 23.0. The van der Waals surface area contributed by atoms with Crippen molar-refractivity contribution in [2.24, 2.45) is 0 Å². The molecule has 0 heterocycles. The summed E-state index contributed by atoms with van der Waals surface area (Å²) in [7, 11) is 0. The second kappa shape index (κ2) is 10.1. The quantitative estimate of drug-likeness (QED) is 0.492. The first-order chi connectivity index (χ1) is 14.5. The SMILES string of the molecule is CC1=C/C(=C(\c2cc(C)c(O)c(C(=O)O)c2)c2c(Cl)cccc2Cl)C=C(C(=O)[O-])C1=O.[Na+]. The van der Waals surface area contributed by atoms with Gasteiger partial charge in [0, 0.05) is 21.2 Å². The monoisotopic (exact) mass is 480 g/mol. The van der Waals surface area contributed by atoms with Crippen molar-refractivity contribution in [1.82, 2.24) is 0 Å². The molecule has 2 aromatic carbocycles. The van der Waals surface area contributed by atoms with E-state index >= 15 is 0 Å². The molecule has 3 rings (SSSR count). The summed E-state index contributed by atoms with van der Waals surface area (Å²) in [5.74, 6) is -4.09. The first-order valence-corrected chi connectivity index (χ1v) is 9.70. The largest absolute Gasteiger partial charge is 1.00 e. The van der Waals surface area contributed by atoms with Crippen molar-refractivity contribution in [2.75, 3.05) is 0 Å². The van der Waals surface area contributed by atoms with E-state index < -0.39 is 29.0 Å². The van der Waals surface area contributed by atoms with Gasteiger partial charge in [-0.15, -0.1) is 0 Å². The number of ketones is 1. The maximum Gasteiger partial charge on any atom is 1.00 e. The van der Waals surface area contributed by atoms with Gasteiger partial charge in [0.1, 0.15) is 11.3 Å². The molecule has 1 aliphatic rings. The van der Waals surface area contributed by atoms with E-state index in [-0.39, 0.29) is 61.9 Å². The number of carboxylic acids is 2. The van der Waals surface area contributed by atoms with Crippen LogP contribution in [0.3, 0.4) is 0 Å². The summed E-state index contributed by atoms with van der Waals surface area (Å²) in [5, 5.41) is 31.6. The van der Waals surface area contributed by atoms with Crippen molar-refractivity contribution in [3.63, 3.8) is 0 Å². The predicted molar refractivity (Wildman–Crippen MR) is 114 cm³/mol.